The minimum absolute atomic E-state index is 0. The molecule has 1 fully saturated rings. The molecular weight excluding hydrogens is 449 g/mol. The number of guanidine groups is 1. The van der Waals surface area contributed by atoms with Crippen molar-refractivity contribution in [2.75, 3.05) is 40.3 Å². The molecule has 0 aromatic heterocycles. The van der Waals surface area contributed by atoms with Crippen molar-refractivity contribution in [3.05, 3.63) is 35.9 Å². The Labute approximate surface area is 183 Å². The Hall–Kier alpha value is -0.860. The lowest BCUT2D eigenvalue weighted by molar-refractivity contribution is 0.167. The maximum absolute atomic E-state index is 4.90. The number of likely N-dealkylation sites (N-methyl/N-ethyl adjacent to an activating group) is 1. The van der Waals surface area contributed by atoms with E-state index in [1.54, 1.807) is 0 Å². The van der Waals surface area contributed by atoms with Gasteiger partial charge in [0, 0.05) is 31.7 Å². The zero-order valence-corrected chi connectivity index (χ0v) is 19.9. The minimum Gasteiger partial charge on any atom is -0.357 e. The molecule has 1 aliphatic rings. The van der Waals surface area contributed by atoms with Crippen molar-refractivity contribution in [2.45, 2.75) is 51.7 Å². The van der Waals surface area contributed by atoms with Gasteiger partial charge in [-0.3, -0.25) is 4.99 Å². The van der Waals surface area contributed by atoms with Crippen molar-refractivity contribution < 1.29 is 0 Å². The fourth-order valence-electron chi connectivity index (χ4n) is 3.49. The molecule has 0 radical (unpaired) electrons. The van der Waals surface area contributed by atoms with Crippen LogP contribution in [0.4, 0.5) is 0 Å². The summed E-state index contributed by atoms with van der Waals surface area (Å²) in [5.74, 6) is 0.943. The van der Waals surface area contributed by atoms with E-state index in [0.717, 1.165) is 19.0 Å². The molecule has 5 nitrogen and oxygen atoms in total. The molecular formula is C21H38IN5. The zero-order valence-electron chi connectivity index (χ0n) is 17.6. The number of nitrogens with one attached hydrogen (secondary N) is 2. The van der Waals surface area contributed by atoms with Gasteiger partial charge in [0.1, 0.15) is 0 Å². The molecule has 1 atom stereocenters. The molecule has 1 heterocycles. The molecule has 27 heavy (non-hydrogen) atoms. The summed E-state index contributed by atoms with van der Waals surface area (Å²) in [7, 11) is 4.24. The SMILES string of the molecule is CCNC(=NCC(c1ccccc1)N(C)C)NC1CCN(C(C)C)CC1.I. The number of hydrogen-bond acceptors (Lipinski definition) is 3. The maximum Gasteiger partial charge on any atom is 0.191 e. The summed E-state index contributed by atoms with van der Waals surface area (Å²) in [4.78, 5) is 9.69. The van der Waals surface area contributed by atoms with Crippen molar-refractivity contribution in [1.29, 1.82) is 0 Å². The van der Waals surface area contributed by atoms with Gasteiger partial charge < -0.3 is 20.4 Å². The maximum atomic E-state index is 4.90. The highest BCUT2D eigenvalue weighted by Crippen LogP contribution is 2.18. The molecule has 0 amide bonds. The van der Waals surface area contributed by atoms with Gasteiger partial charge in [-0.25, -0.2) is 0 Å². The van der Waals surface area contributed by atoms with Crippen molar-refractivity contribution in [3.8, 4) is 0 Å². The minimum atomic E-state index is 0. The van der Waals surface area contributed by atoms with Gasteiger partial charge >= 0.3 is 0 Å². The van der Waals surface area contributed by atoms with Crippen molar-refractivity contribution in [3.63, 3.8) is 0 Å². The quantitative estimate of drug-likeness (QED) is 0.352. The van der Waals surface area contributed by atoms with Crippen LogP contribution >= 0.6 is 24.0 Å². The fraction of sp³-hybridized carbons (Fsp3) is 0.667. The Morgan fingerprint density at radius 1 is 1.19 bits per heavy atom. The van der Waals surface area contributed by atoms with Crippen LogP contribution in [-0.2, 0) is 0 Å². The number of hydrogen-bond donors (Lipinski definition) is 2. The number of aliphatic imine (C=N–C) groups is 1. The topological polar surface area (TPSA) is 42.9 Å². The summed E-state index contributed by atoms with van der Waals surface area (Å²) in [6.07, 6.45) is 2.36. The Balaban J connectivity index is 0.00000364. The lowest BCUT2D eigenvalue weighted by atomic mass is 10.0. The second-order valence-corrected chi connectivity index (χ2v) is 7.66. The van der Waals surface area contributed by atoms with Crippen LogP contribution in [0.25, 0.3) is 0 Å². The third-order valence-corrected chi connectivity index (χ3v) is 5.17. The van der Waals surface area contributed by atoms with Crippen LogP contribution < -0.4 is 10.6 Å². The molecule has 0 saturated carbocycles. The van der Waals surface area contributed by atoms with E-state index < -0.39 is 0 Å². The van der Waals surface area contributed by atoms with E-state index >= 15 is 0 Å². The highest BCUT2D eigenvalue weighted by atomic mass is 127. The average Bonchev–Trinajstić information content (AvgIpc) is 2.63. The summed E-state index contributed by atoms with van der Waals surface area (Å²) in [5.41, 5.74) is 1.31. The summed E-state index contributed by atoms with van der Waals surface area (Å²) in [6, 6.07) is 12.1. The molecule has 1 unspecified atom stereocenters. The van der Waals surface area contributed by atoms with E-state index in [1.807, 2.05) is 0 Å². The lowest BCUT2D eigenvalue weighted by Crippen LogP contribution is -2.50. The second-order valence-electron chi connectivity index (χ2n) is 7.66. The van der Waals surface area contributed by atoms with E-state index in [2.05, 4.69) is 85.6 Å². The zero-order chi connectivity index (χ0) is 18.9. The van der Waals surface area contributed by atoms with Crippen LogP contribution in [0, 0.1) is 0 Å². The van der Waals surface area contributed by atoms with Crippen molar-refractivity contribution in [2.24, 2.45) is 4.99 Å². The van der Waals surface area contributed by atoms with Crippen LogP contribution in [0.5, 0.6) is 0 Å². The first kappa shape index (κ1) is 24.2. The molecule has 1 aromatic carbocycles. The van der Waals surface area contributed by atoms with Gasteiger partial charge in [-0.05, 0) is 53.3 Å². The first-order valence-electron chi connectivity index (χ1n) is 10.0. The van der Waals surface area contributed by atoms with Crippen LogP contribution in [0.3, 0.4) is 0 Å². The molecule has 1 aromatic rings. The highest BCUT2D eigenvalue weighted by Gasteiger charge is 2.21. The standard InChI is InChI=1S/C21H37N5.HI/c1-6-22-21(24-19-12-14-26(15-13-19)17(2)3)23-16-20(25(4)5)18-10-8-7-9-11-18;/h7-11,17,19-20H,6,12-16H2,1-5H3,(H2,22,23,24);1H. The van der Waals surface area contributed by atoms with Gasteiger partial charge in [0.25, 0.3) is 0 Å². The summed E-state index contributed by atoms with van der Waals surface area (Å²) >= 11 is 0. The molecule has 1 aliphatic heterocycles. The Morgan fingerprint density at radius 3 is 2.33 bits per heavy atom. The molecule has 2 N–H and O–H groups in total. The molecule has 0 bridgehead atoms. The van der Waals surface area contributed by atoms with Crippen LogP contribution in [-0.4, -0.2) is 68.1 Å². The predicted molar refractivity (Wildman–Crippen MR) is 127 cm³/mol. The average molecular weight is 487 g/mol. The summed E-state index contributed by atoms with van der Waals surface area (Å²) in [5, 5.41) is 7.07. The van der Waals surface area contributed by atoms with Crippen LogP contribution in [0.2, 0.25) is 0 Å². The number of likely N-dealkylation sites (tertiary alicyclic amines) is 1. The first-order chi connectivity index (χ1) is 12.5. The number of piperidine rings is 1. The van der Waals surface area contributed by atoms with E-state index in [9.17, 15) is 0 Å². The Morgan fingerprint density at radius 2 is 1.81 bits per heavy atom. The third kappa shape index (κ3) is 7.95. The predicted octanol–water partition coefficient (Wildman–Crippen LogP) is 3.34. The Bertz CT molecular complexity index is 539. The molecule has 154 valence electrons. The van der Waals surface area contributed by atoms with Crippen LogP contribution in [0.15, 0.2) is 35.3 Å². The third-order valence-electron chi connectivity index (χ3n) is 5.17. The largest absolute Gasteiger partial charge is 0.357 e. The number of halogens is 1. The fourth-order valence-corrected chi connectivity index (χ4v) is 3.49. The summed E-state index contributed by atoms with van der Waals surface area (Å²) in [6.45, 7) is 10.7. The van der Waals surface area contributed by atoms with Gasteiger partial charge in [0.2, 0.25) is 0 Å². The van der Waals surface area contributed by atoms with E-state index in [-0.39, 0.29) is 30.0 Å². The molecule has 0 spiro atoms. The van der Waals surface area contributed by atoms with E-state index in [4.69, 9.17) is 4.99 Å². The van der Waals surface area contributed by atoms with Gasteiger partial charge in [0.05, 0.1) is 12.6 Å². The second kappa shape index (κ2) is 12.6. The van der Waals surface area contributed by atoms with Gasteiger partial charge in [-0.2, -0.15) is 0 Å². The first-order valence-corrected chi connectivity index (χ1v) is 10.0. The van der Waals surface area contributed by atoms with E-state index in [0.29, 0.717) is 12.1 Å². The van der Waals surface area contributed by atoms with Crippen molar-refractivity contribution in [1.82, 2.24) is 20.4 Å². The number of benzene rings is 1. The summed E-state index contributed by atoms with van der Waals surface area (Å²) < 4.78 is 0. The molecule has 2 rings (SSSR count). The van der Waals surface area contributed by atoms with Gasteiger partial charge in [0.15, 0.2) is 5.96 Å². The Kier molecular flexibility index (Phi) is 11.3. The molecule has 0 aliphatic carbocycles. The monoisotopic (exact) mass is 487 g/mol. The van der Waals surface area contributed by atoms with E-state index in [1.165, 1.54) is 31.5 Å². The molecule has 1 saturated heterocycles. The smallest absolute Gasteiger partial charge is 0.191 e. The number of rotatable bonds is 7. The number of nitrogens with zero attached hydrogens (tertiary/aromatic N) is 3. The van der Waals surface area contributed by atoms with Gasteiger partial charge in [-0.15, -0.1) is 24.0 Å². The van der Waals surface area contributed by atoms with Gasteiger partial charge in [-0.1, -0.05) is 30.3 Å². The molecule has 6 heteroatoms. The van der Waals surface area contributed by atoms with Crippen LogP contribution in [0.1, 0.15) is 45.2 Å². The lowest BCUT2D eigenvalue weighted by Gasteiger charge is -2.35. The van der Waals surface area contributed by atoms with Crippen molar-refractivity contribution >= 4 is 29.9 Å². The normalized spacial score (nSPS) is 17.7. The highest BCUT2D eigenvalue weighted by molar-refractivity contribution is 14.0.